The van der Waals surface area contributed by atoms with Crippen LogP contribution in [-0.4, -0.2) is 15.0 Å². The molecule has 0 amide bonds. The second-order valence-corrected chi connectivity index (χ2v) is 13.5. The van der Waals surface area contributed by atoms with Gasteiger partial charge in [-0.1, -0.05) is 135 Å². The van der Waals surface area contributed by atoms with Crippen molar-refractivity contribution in [3.63, 3.8) is 0 Å². The van der Waals surface area contributed by atoms with E-state index in [1.165, 1.54) is 56.3 Å². The van der Waals surface area contributed by atoms with E-state index < -0.39 is 0 Å². The Balaban J connectivity index is 1.32. The Morgan fingerprint density at radius 1 is 0.522 bits per heavy atom. The van der Waals surface area contributed by atoms with Crippen LogP contribution in [0.25, 0.3) is 67.2 Å². The van der Waals surface area contributed by atoms with Crippen molar-refractivity contribution in [1.29, 1.82) is 0 Å². The van der Waals surface area contributed by atoms with Gasteiger partial charge in [0, 0.05) is 22.1 Å². The zero-order valence-electron chi connectivity index (χ0n) is 25.8. The lowest BCUT2D eigenvalue weighted by atomic mass is 9.73. The third-order valence-corrected chi connectivity index (χ3v) is 10.6. The van der Waals surface area contributed by atoms with Crippen molar-refractivity contribution in [1.82, 2.24) is 15.0 Å². The van der Waals surface area contributed by atoms with Gasteiger partial charge in [0.2, 0.25) is 0 Å². The van der Waals surface area contributed by atoms with Crippen LogP contribution >= 0.6 is 0 Å². The highest BCUT2D eigenvalue weighted by atomic mass is 15.0. The van der Waals surface area contributed by atoms with Gasteiger partial charge >= 0.3 is 0 Å². The van der Waals surface area contributed by atoms with E-state index in [2.05, 4.69) is 135 Å². The summed E-state index contributed by atoms with van der Waals surface area (Å²) in [6.07, 6.45) is 1.20. The minimum Gasteiger partial charge on any atom is -0.208 e. The molecule has 218 valence electrons. The second-order valence-electron chi connectivity index (χ2n) is 13.5. The smallest absolute Gasteiger partial charge is 0.164 e. The fraction of sp³-hybridized carbons (Fsp3) is 0.140. The van der Waals surface area contributed by atoms with Crippen LogP contribution in [0.1, 0.15) is 54.4 Å². The standard InChI is InChI=1S/C43H31N3/c1-43(2)36-22-11-10-20-31(36)38-35(24-34-33-23-32(33)28-18-8-9-19-29(28)37(34)39(38)43)42-45-40(26-14-4-3-5-15-26)44-41(46-42)30-21-12-16-25-13-6-7-17-27(25)30/h3-22,24,32-33H,23H2,1-2H3. The average molecular weight is 590 g/mol. The van der Waals surface area contributed by atoms with Crippen LogP contribution in [0.15, 0.2) is 127 Å². The van der Waals surface area contributed by atoms with E-state index in [0.717, 1.165) is 27.9 Å². The van der Waals surface area contributed by atoms with Gasteiger partial charge in [0.15, 0.2) is 17.5 Å². The number of aromatic nitrogens is 3. The first kappa shape index (κ1) is 25.9. The van der Waals surface area contributed by atoms with Gasteiger partial charge in [-0.15, -0.1) is 0 Å². The van der Waals surface area contributed by atoms with Crippen LogP contribution in [0.5, 0.6) is 0 Å². The van der Waals surface area contributed by atoms with Gasteiger partial charge in [-0.3, -0.25) is 0 Å². The summed E-state index contributed by atoms with van der Waals surface area (Å²) in [6.45, 7) is 4.79. The molecule has 0 bridgehead atoms. The van der Waals surface area contributed by atoms with E-state index in [4.69, 9.17) is 15.0 Å². The van der Waals surface area contributed by atoms with E-state index in [9.17, 15) is 0 Å². The predicted molar refractivity (Wildman–Crippen MR) is 187 cm³/mol. The van der Waals surface area contributed by atoms with Gasteiger partial charge < -0.3 is 0 Å². The normalized spacial score (nSPS) is 17.9. The molecule has 0 saturated heterocycles. The molecule has 2 atom stereocenters. The summed E-state index contributed by atoms with van der Waals surface area (Å²) < 4.78 is 0. The lowest BCUT2D eigenvalue weighted by Crippen LogP contribution is -2.18. The van der Waals surface area contributed by atoms with Gasteiger partial charge in [-0.05, 0) is 79.6 Å². The van der Waals surface area contributed by atoms with Crippen LogP contribution in [0, 0.1) is 0 Å². The highest BCUT2D eigenvalue weighted by Gasteiger charge is 2.50. The van der Waals surface area contributed by atoms with E-state index in [-0.39, 0.29) is 5.41 Å². The highest BCUT2D eigenvalue weighted by molar-refractivity contribution is 6.00. The van der Waals surface area contributed by atoms with Crippen LogP contribution in [-0.2, 0) is 5.41 Å². The molecule has 0 spiro atoms. The quantitative estimate of drug-likeness (QED) is 0.206. The molecule has 10 rings (SSSR count). The van der Waals surface area contributed by atoms with Crippen LogP contribution in [0.4, 0.5) is 0 Å². The van der Waals surface area contributed by atoms with Gasteiger partial charge in [-0.25, -0.2) is 15.0 Å². The summed E-state index contributed by atoms with van der Waals surface area (Å²) in [7, 11) is 0. The average Bonchev–Trinajstić information content (AvgIpc) is 3.88. The maximum absolute atomic E-state index is 5.36. The molecule has 2 unspecified atom stereocenters. The van der Waals surface area contributed by atoms with Crippen molar-refractivity contribution >= 4 is 10.8 Å². The van der Waals surface area contributed by atoms with E-state index in [1.807, 2.05) is 6.07 Å². The zero-order valence-corrected chi connectivity index (χ0v) is 25.8. The van der Waals surface area contributed by atoms with E-state index in [1.54, 1.807) is 0 Å². The van der Waals surface area contributed by atoms with Crippen molar-refractivity contribution < 1.29 is 0 Å². The molecule has 1 heterocycles. The Hall–Kier alpha value is -5.41. The van der Waals surface area contributed by atoms with Gasteiger partial charge in [-0.2, -0.15) is 0 Å². The summed E-state index contributed by atoms with van der Waals surface area (Å²) in [4.78, 5) is 15.8. The SMILES string of the molecule is CC1(C)c2ccccc2-c2c(-c3nc(-c4ccccc4)nc(-c4cccc5ccccc45)n3)cc3c(c21)-c1ccccc1C1CC31. The third-order valence-electron chi connectivity index (χ3n) is 10.6. The molecule has 3 aliphatic carbocycles. The predicted octanol–water partition coefficient (Wildman–Crippen LogP) is 10.6. The molecule has 1 saturated carbocycles. The summed E-state index contributed by atoms with van der Waals surface area (Å²) in [6, 6.07) is 45.7. The van der Waals surface area contributed by atoms with Gasteiger partial charge in [0.25, 0.3) is 0 Å². The summed E-state index contributed by atoms with van der Waals surface area (Å²) >= 11 is 0. The minimum atomic E-state index is -0.172. The number of benzene rings is 6. The molecule has 1 aromatic heterocycles. The lowest BCUT2D eigenvalue weighted by Gasteiger charge is -2.30. The van der Waals surface area contributed by atoms with Crippen molar-refractivity contribution in [2.45, 2.75) is 37.5 Å². The van der Waals surface area contributed by atoms with Gasteiger partial charge in [0.1, 0.15) is 0 Å². The van der Waals surface area contributed by atoms with Crippen LogP contribution in [0.3, 0.4) is 0 Å². The molecule has 46 heavy (non-hydrogen) atoms. The lowest BCUT2D eigenvalue weighted by molar-refractivity contribution is 0.660. The van der Waals surface area contributed by atoms with E-state index >= 15 is 0 Å². The molecule has 0 N–H and O–H groups in total. The fourth-order valence-corrected chi connectivity index (χ4v) is 8.43. The van der Waals surface area contributed by atoms with Crippen molar-refractivity contribution in [3.8, 4) is 56.4 Å². The van der Waals surface area contributed by atoms with Crippen LogP contribution < -0.4 is 0 Å². The monoisotopic (exact) mass is 589 g/mol. The number of fused-ring (bicyclic) bond motifs is 11. The first-order valence-electron chi connectivity index (χ1n) is 16.3. The fourth-order valence-electron chi connectivity index (χ4n) is 8.43. The zero-order chi connectivity index (χ0) is 30.6. The Morgan fingerprint density at radius 3 is 2.02 bits per heavy atom. The highest BCUT2D eigenvalue weighted by Crippen LogP contribution is 2.66. The summed E-state index contributed by atoms with van der Waals surface area (Å²) in [5.74, 6) is 3.25. The summed E-state index contributed by atoms with van der Waals surface area (Å²) in [5, 5.41) is 2.31. The molecule has 6 aromatic carbocycles. The van der Waals surface area contributed by atoms with Crippen molar-refractivity contribution in [2.75, 3.05) is 0 Å². The summed E-state index contributed by atoms with van der Waals surface area (Å²) in [5.41, 5.74) is 14.0. The number of rotatable bonds is 3. The molecular weight excluding hydrogens is 558 g/mol. The molecule has 1 fully saturated rings. The van der Waals surface area contributed by atoms with E-state index in [0.29, 0.717) is 23.5 Å². The molecule has 3 heteroatoms. The number of hydrogen-bond donors (Lipinski definition) is 0. The largest absolute Gasteiger partial charge is 0.208 e. The van der Waals surface area contributed by atoms with Crippen molar-refractivity contribution in [2.24, 2.45) is 0 Å². The Labute approximate surface area is 268 Å². The topological polar surface area (TPSA) is 38.7 Å². The molecular formula is C43H31N3. The second kappa shape index (κ2) is 9.31. The molecule has 0 aliphatic heterocycles. The van der Waals surface area contributed by atoms with Gasteiger partial charge in [0.05, 0.1) is 0 Å². The molecule has 3 nitrogen and oxygen atoms in total. The third kappa shape index (κ3) is 3.57. The van der Waals surface area contributed by atoms with Crippen LogP contribution in [0.2, 0.25) is 0 Å². The number of hydrogen-bond acceptors (Lipinski definition) is 3. The first-order valence-corrected chi connectivity index (χ1v) is 16.3. The maximum Gasteiger partial charge on any atom is 0.164 e. The Kier molecular flexibility index (Phi) is 5.23. The molecule has 3 aliphatic rings. The Bertz CT molecular complexity index is 2380. The van der Waals surface area contributed by atoms with Crippen molar-refractivity contribution in [3.05, 3.63) is 150 Å². The minimum absolute atomic E-state index is 0.172. The Morgan fingerprint density at radius 2 is 1.15 bits per heavy atom. The maximum atomic E-state index is 5.36. The molecule has 7 aromatic rings. The first-order chi connectivity index (χ1) is 22.6. The number of nitrogens with zero attached hydrogens (tertiary/aromatic N) is 3. The molecule has 0 radical (unpaired) electrons.